The molecule has 6 heteroatoms. The predicted molar refractivity (Wildman–Crippen MR) is 107 cm³/mol. The van der Waals surface area contributed by atoms with Crippen LogP contribution in [0.3, 0.4) is 0 Å². The van der Waals surface area contributed by atoms with Gasteiger partial charge in [-0.3, -0.25) is 14.5 Å². The van der Waals surface area contributed by atoms with Crippen molar-refractivity contribution in [3.8, 4) is 5.75 Å². The number of hydrogen-bond donors (Lipinski definition) is 1. The van der Waals surface area contributed by atoms with Crippen LogP contribution in [-0.4, -0.2) is 23.9 Å². The lowest BCUT2D eigenvalue weighted by atomic mass is 9.94. The maximum atomic E-state index is 13.1. The summed E-state index contributed by atoms with van der Waals surface area (Å²) in [7, 11) is 1.52. The number of carbonyl (C=O) groups excluding carboxylic acids is 2. The molecule has 1 aromatic heterocycles. The van der Waals surface area contributed by atoms with Crippen LogP contribution in [0.2, 0.25) is 0 Å². The van der Waals surface area contributed by atoms with E-state index in [0.717, 1.165) is 5.56 Å². The average Bonchev–Trinajstić information content (AvgIpc) is 3.36. The summed E-state index contributed by atoms with van der Waals surface area (Å²) in [5.74, 6) is -1.25. The fourth-order valence-electron chi connectivity index (χ4n) is 3.54. The van der Waals surface area contributed by atoms with E-state index in [1.807, 2.05) is 19.1 Å². The van der Waals surface area contributed by atoms with Gasteiger partial charge in [0.1, 0.15) is 5.75 Å². The van der Waals surface area contributed by atoms with Crippen LogP contribution in [0, 0.1) is 6.92 Å². The van der Waals surface area contributed by atoms with Crippen LogP contribution < -0.4 is 9.64 Å². The van der Waals surface area contributed by atoms with Gasteiger partial charge in [0.2, 0.25) is 5.78 Å². The van der Waals surface area contributed by atoms with Gasteiger partial charge in [0, 0.05) is 11.3 Å². The van der Waals surface area contributed by atoms with E-state index in [0.29, 0.717) is 17.0 Å². The van der Waals surface area contributed by atoms with Crippen molar-refractivity contribution in [3.63, 3.8) is 0 Å². The van der Waals surface area contributed by atoms with E-state index in [1.165, 1.54) is 24.3 Å². The van der Waals surface area contributed by atoms with Crippen LogP contribution in [-0.2, 0) is 4.79 Å². The minimum absolute atomic E-state index is 0.0463. The van der Waals surface area contributed by atoms with Crippen LogP contribution >= 0.6 is 0 Å². The number of hydrogen-bond acceptors (Lipinski definition) is 5. The number of para-hydroxylation sites is 1. The van der Waals surface area contributed by atoms with Gasteiger partial charge in [0.15, 0.2) is 11.5 Å². The molecule has 0 saturated heterocycles. The second kappa shape index (κ2) is 7.31. The molecule has 1 unspecified atom stereocenters. The molecule has 0 spiro atoms. The van der Waals surface area contributed by atoms with Gasteiger partial charge in [-0.05, 0) is 37.3 Å². The van der Waals surface area contributed by atoms with Crippen molar-refractivity contribution >= 4 is 17.4 Å². The highest BCUT2D eigenvalue weighted by Gasteiger charge is 2.46. The van der Waals surface area contributed by atoms with Crippen molar-refractivity contribution in [2.24, 2.45) is 0 Å². The zero-order valence-electron chi connectivity index (χ0n) is 16.0. The van der Waals surface area contributed by atoms with E-state index in [-0.39, 0.29) is 11.3 Å². The Kier molecular flexibility index (Phi) is 4.68. The summed E-state index contributed by atoms with van der Waals surface area (Å²) in [5, 5.41) is 10.7. The van der Waals surface area contributed by atoms with Gasteiger partial charge < -0.3 is 14.3 Å². The molecule has 1 aliphatic rings. The lowest BCUT2D eigenvalue weighted by Crippen LogP contribution is -2.31. The van der Waals surface area contributed by atoms with E-state index in [4.69, 9.17) is 9.15 Å². The van der Waals surface area contributed by atoms with Crippen molar-refractivity contribution in [3.05, 3.63) is 95.1 Å². The molecule has 1 atom stereocenters. The number of ketones is 1. The van der Waals surface area contributed by atoms with Crippen molar-refractivity contribution in [2.45, 2.75) is 13.0 Å². The Morgan fingerprint density at radius 2 is 1.79 bits per heavy atom. The number of aryl methyl sites for hydroxylation is 1. The second-order valence-electron chi connectivity index (χ2n) is 6.72. The number of anilines is 1. The van der Waals surface area contributed by atoms with Gasteiger partial charge in [0.25, 0.3) is 5.91 Å². The lowest BCUT2D eigenvalue weighted by Gasteiger charge is -2.28. The Balaban J connectivity index is 1.92. The lowest BCUT2D eigenvalue weighted by molar-refractivity contribution is -0.117. The number of furan rings is 1. The summed E-state index contributed by atoms with van der Waals surface area (Å²) in [6.45, 7) is 1.94. The maximum Gasteiger partial charge on any atom is 0.294 e. The molecule has 1 amide bonds. The van der Waals surface area contributed by atoms with Gasteiger partial charge in [-0.2, -0.15) is 0 Å². The molecule has 0 radical (unpaired) electrons. The maximum absolute atomic E-state index is 13.1. The third-order valence-corrected chi connectivity index (χ3v) is 4.94. The minimum Gasteiger partial charge on any atom is -0.503 e. The molecule has 3 aromatic rings. The van der Waals surface area contributed by atoms with Crippen LogP contribution in [0.5, 0.6) is 5.75 Å². The van der Waals surface area contributed by atoms with Gasteiger partial charge in [-0.1, -0.05) is 35.9 Å². The van der Waals surface area contributed by atoms with E-state index in [9.17, 15) is 14.7 Å². The highest BCUT2D eigenvalue weighted by atomic mass is 16.5. The highest BCUT2D eigenvalue weighted by molar-refractivity contribution is 6.20. The van der Waals surface area contributed by atoms with Crippen molar-refractivity contribution in [1.82, 2.24) is 0 Å². The number of carbonyl (C=O) groups is 2. The molecule has 29 heavy (non-hydrogen) atoms. The number of rotatable bonds is 5. The van der Waals surface area contributed by atoms with E-state index in [2.05, 4.69) is 0 Å². The first kappa shape index (κ1) is 18.6. The van der Waals surface area contributed by atoms with Gasteiger partial charge in [0.05, 0.1) is 25.0 Å². The van der Waals surface area contributed by atoms with Gasteiger partial charge >= 0.3 is 0 Å². The smallest absolute Gasteiger partial charge is 0.294 e. The zero-order valence-corrected chi connectivity index (χ0v) is 16.0. The zero-order chi connectivity index (χ0) is 20.5. The van der Waals surface area contributed by atoms with Crippen molar-refractivity contribution in [1.29, 1.82) is 0 Å². The quantitative estimate of drug-likeness (QED) is 0.655. The molecular formula is C23H19NO5. The molecule has 146 valence electrons. The number of aliphatic hydroxyl groups is 1. The minimum atomic E-state index is -0.862. The molecule has 0 saturated carbocycles. The molecule has 2 aromatic carbocycles. The van der Waals surface area contributed by atoms with Crippen molar-refractivity contribution < 1.29 is 23.8 Å². The van der Waals surface area contributed by atoms with Crippen LogP contribution in [0.25, 0.3) is 0 Å². The molecule has 6 nitrogen and oxygen atoms in total. The SMILES string of the molecule is COc1ccccc1C1C(C(=O)c2ccco2)=C(O)C(=O)N1c1ccc(C)cc1. The molecule has 0 bridgehead atoms. The van der Waals surface area contributed by atoms with Gasteiger partial charge in [-0.25, -0.2) is 0 Å². The first-order valence-electron chi connectivity index (χ1n) is 9.07. The summed E-state index contributed by atoms with van der Waals surface area (Å²) >= 11 is 0. The summed E-state index contributed by atoms with van der Waals surface area (Å²) < 4.78 is 10.7. The Morgan fingerprint density at radius 1 is 1.07 bits per heavy atom. The van der Waals surface area contributed by atoms with E-state index in [1.54, 1.807) is 42.5 Å². The van der Waals surface area contributed by atoms with Crippen LogP contribution in [0.15, 0.2) is 82.7 Å². The molecule has 0 aliphatic carbocycles. The predicted octanol–water partition coefficient (Wildman–Crippen LogP) is 4.38. The molecule has 1 N–H and O–H groups in total. The standard InChI is InChI=1S/C23H19NO5/c1-14-9-11-15(12-10-14)24-20(16-6-3-4-7-17(16)28-2)19(22(26)23(24)27)21(25)18-8-5-13-29-18/h3-13,20,26H,1-2H3. The molecule has 4 rings (SSSR count). The number of nitrogens with zero attached hydrogens (tertiary/aromatic N) is 1. The Morgan fingerprint density at radius 3 is 2.45 bits per heavy atom. The fourth-order valence-corrected chi connectivity index (χ4v) is 3.54. The Hall–Kier alpha value is -3.80. The number of amides is 1. The summed E-state index contributed by atoms with van der Waals surface area (Å²) in [4.78, 5) is 27.6. The monoisotopic (exact) mass is 389 g/mol. The van der Waals surface area contributed by atoms with Gasteiger partial charge in [-0.15, -0.1) is 0 Å². The Bertz CT molecular complexity index is 1100. The van der Waals surface area contributed by atoms with Crippen molar-refractivity contribution in [2.75, 3.05) is 12.0 Å². The number of benzene rings is 2. The van der Waals surface area contributed by atoms with Crippen LogP contribution in [0.1, 0.15) is 27.7 Å². The normalized spacial score (nSPS) is 16.4. The summed E-state index contributed by atoms with van der Waals surface area (Å²) in [6.07, 6.45) is 1.37. The molecular weight excluding hydrogens is 370 g/mol. The number of Topliss-reactive ketones (excluding diaryl/α,β-unsaturated/α-hetero) is 1. The van der Waals surface area contributed by atoms with E-state index >= 15 is 0 Å². The fraction of sp³-hybridized carbons (Fsp3) is 0.130. The van der Waals surface area contributed by atoms with Crippen LogP contribution in [0.4, 0.5) is 5.69 Å². The average molecular weight is 389 g/mol. The largest absolute Gasteiger partial charge is 0.503 e. The topological polar surface area (TPSA) is 80.0 Å². The first-order valence-corrected chi connectivity index (χ1v) is 9.07. The summed E-state index contributed by atoms with van der Waals surface area (Å²) in [5.41, 5.74) is 2.13. The Labute approximate surface area is 167 Å². The first-order chi connectivity index (χ1) is 14.0. The third kappa shape index (κ3) is 3.08. The number of aliphatic hydroxyl groups excluding tert-OH is 1. The highest BCUT2D eigenvalue weighted by Crippen LogP contribution is 2.44. The second-order valence-corrected chi connectivity index (χ2v) is 6.72. The number of ether oxygens (including phenoxy) is 1. The third-order valence-electron chi connectivity index (χ3n) is 4.94. The molecule has 1 aliphatic heterocycles. The van der Waals surface area contributed by atoms with E-state index < -0.39 is 23.5 Å². The number of methoxy groups -OCH3 is 1. The molecule has 0 fully saturated rings. The molecule has 2 heterocycles. The summed E-state index contributed by atoms with van der Waals surface area (Å²) in [6, 6.07) is 16.6.